The Hall–Kier alpha value is 0.157. The molecular weight excluding hydrogens is 300 g/mol. The molecule has 18 heavy (non-hydrogen) atoms. The van der Waals surface area contributed by atoms with Gasteiger partial charge in [-0.1, -0.05) is 13.8 Å². The molecule has 110 valence electrons. The van der Waals surface area contributed by atoms with Crippen molar-refractivity contribution < 1.29 is 29.4 Å². The van der Waals surface area contributed by atoms with Crippen molar-refractivity contribution in [1.29, 1.82) is 0 Å². The molecule has 0 aromatic carbocycles. The van der Waals surface area contributed by atoms with Crippen LogP contribution in [0.25, 0.3) is 0 Å². The highest BCUT2D eigenvalue weighted by Crippen LogP contribution is 2.19. The van der Waals surface area contributed by atoms with Gasteiger partial charge in [0.15, 0.2) is 0 Å². The lowest BCUT2D eigenvalue weighted by Gasteiger charge is -2.25. The summed E-state index contributed by atoms with van der Waals surface area (Å²) in [6.45, 7) is 7.96. The molecule has 1 unspecified atom stereocenters. The predicted octanol–water partition coefficient (Wildman–Crippen LogP) is 0.936. The summed E-state index contributed by atoms with van der Waals surface area (Å²) >= 11 is -2.63. The van der Waals surface area contributed by atoms with Crippen LogP contribution in [0, 0.1) is 5.41 Å². The Morgan fingerprint density at radius 2 is 1.72 bits per heavy atom. The third-order valence-electron chi connectivity index (χ3n) is 1.49. The molecule has 0 N–H and O–H groups in total. The van der Waals surface area contributed by atoms with Gasteiger partial charge in [0, 0.05) is 5.41 Å². The Labute approximate surface area is 112 Å². The topological polar surface area (TPSA) is 102 Å². The Kier molecular flexibility index (Phi) is 6.60. The van der Waals surface area contributed by atoms with E-state index in [1.807, 2.05) is 0 Å². The second-order valence-corrected chi connectivity index (χ2v) is 12.1. The zero-order valence-corrected chi connectivity index (χ0v) is 13.7. The molecule has 10 heteroatoms. The van der Waals surface area contributed by atoms with Gasteiger partial charge in [-0.2, -0.15) is 8.42 Å². The highest BCUT2D eigenvalue weighted by atomic mass is 32.3. The molecule has 0 aliphatic carbocycles. The summed E-state index contributed by atoms with van der Waals surface area (Å²) in [7, 11) is -6.33. The van der Waals surface area contributed by atoms with Crippen molar-refractivity contribution in [2.45, 2.75) is 33.5 Å². The van der Waals surface area contributed by atoms with Crippen LogP contribution in [-0.4, -0.2) is 38.7 Å². The van der Waals surface area contributed by atoms with Crippen molar-refractivity contribution in [3.8, 4) is 0 Å². The molecule has 7 nitrogen and oxygen atoms in total. The molecule has 0 aliphatic heterocycles. The SMILES string of the molecule is CC(C)(COS(=O)[O-])COS(=O)(=O)O[Si](C)(C)C. The summed E-state index contributed by atoms with van der Waals surface area (Å²) in [4.78, 5) is 0. The van der Waals surface area contributed by atoms with Gasteiger partial charge in [-0.25, -0.2) is 8.39 Å². The minimum atomic E-state index is -4.06. The van der Waals surface area contributed by atoms with Crippen LogP contribution in [0.15, 0.2) is 0 Å². The zero-order chi connectivity index (χ0) is 14.6. The van der Waals surface area contributed by atoms with Crippen molar-refractivity contribution in [1.82, 2.24) is 0 Å². The molecule has 0 rings (SSSR count). The first-order valence-electron chi connectivity index (χ1n) is 5.16. The van der Waals surface area contributed by atoms with Crippen LogP contribution in [0.3, 0.4) is 0 Å². The fourth-order valence-corrected chi connectivity index (χ4v) is 4.33. The van der Waals surface area contributed by atoms with E-state index in [1.165, 1.54) is 0 Å². The van der Waals surface area contributed by atoms with Crippen LogP contribution in [0.4, 0.5) is 0 Å². The second kappa shape index (κ2) is 6.55. The molecule has 0 saturated carbocycles. The Morgan fingerprint density at radius 3 is 2.11 bits per heavy atom. The fourth-order valence-electron chi connectivity index (χ4n) is 0.811. The van der Waals surface area contributed by atoms with E-state index in [0.717, 1.165) is 0 Å². The monoisotopic (exact) mass is 319 g/mol. The molecule has 0 aromatic rings. The zero-order valence-electron chi connectivity index (χ0n) is 11.1. The molecule has 1 atom stereocenters. The van der Waals surface area contributed by atoms with Gasteiger partial charge in [0.1, 0.15) is 0 Å². The van der Waals surface area contributed by atoms with Crippen LogP contribution in [0.1, 0.15) is 13.8 Å². The number of hydrogen-bond donors (Lipinski definition) is 0. The molecule has 0 spiro atoms. The van der Waals surface area contributed by atoms with E-state index < -0.39 is 35.5 Å². The first-order chi connectivity index (χ1) is 7.83. The third kappa shape index (κ3) is 10.1. The maximum atomic E-state index is 11.5. The van der Waals surface area contributed by atoms with Gasteiger partial charge in [-0.3, -0.25) is 3.87 Å². The molecule has 0 aliphatic rings. The lowest BCUT2D eigenvalue weighted by atomic mass is 9.97. The minimum absolute atomic E-state index is 0.175. The van der Waals surface area contributed by atoms with E-state index in [-0.39, 0.29) is 13.2 Å². The van der Waals surface area contributed by atoms with E-state index in [9.17, 15) is 17.2 Å². The van der Waals surface area contributed by atoms with Crippen molar-refractivity contribution in [3.63, 3.8) is 0 Å². The average molecular weight is 319 g/mol. The Balaban J connectivity index is 4.34. The van der Waals surface area contributed by atoms with Crippen LogP contribution in [0.5, 0.6) is 0 Å². The van der Waals surface area contributed by atoms with Crippen LogP contribution in [0.2, 0.25) is 19.6 Å². The molecule has 0 bridgehead atoms. The summed E-state index contributed by atoms with van der Waals surface area (Å²) in [6, 6.07) is 0. The molecule has 0 aromatic heterocycles. The Bertz CT molecular complexity index is 385. The summed E-state index contributed by atoms with van der Waals surface area (Å²) in [5.74, 6) is 0. The van der Waals surface area contributed by atoms with Gasteiger partial charge in [0.2, 0.25) is 8.32 Å². The second-order valence-electron chi connectivity index (χ2n) is 5.50. The molecule has 0 radical (unpaired) electrons. The lowest BCUT2D eigenvalue weighted by Crippen LogP contribution is -2.33. The van der Waals surface area contributed by atoms with Crippen LogP contribution in [-0.2, 0) is 34.0 Å². The van der Waals surface area contributed by atoms with E-state index in [4.69, 9.17) is 8.06 Å². The smallest absolute Gasteiger partial charge is 0.390 e. The van der Waals surface area contributed by atoms with E-state index in [1.54, 1.807) is 33.5 Å². The van der Waals surface area contributed by atoms with Gasteiger partial charge >= 0.3 is 10.4 Å². The van der Waals surface area contributed by atoms with Gasteiger partial charge in [-0.05, 0) is 19.6 Å². The molecule has 0 saturated heterocycles. The normalized spacial score (nSPS) is 15.7. The van der Waals surface area contributed by atoms with Gasteiger partial charge < -0.3 is 8.74 Å². The van der Waals surface area contributed by atoms with Crippen LogP contribution < -0.4 is 0 Å². The molecule has 0 amide bonds. The quantitative estimate of drug-likeness (QED) is 0.484. The van der Waals surface area contributed by atoms with Crippen LogP contribution >= 0.6 is 0 Å². The molecule has 0 heterocycles. The van der Waals surface area contributed by atoms with Crippen molar-refractivity contribution >= 4 is 30.1 Å². The average Bonchev–Trinajstić information content (AvgIpc) is 2.09. The van der Waals surface area contributed by atoms with E-state index >= 15 is 0 Å². The number of hydrogen-bond acceptors (Lipinski definition) is 7. The largest absolute Gasteiger partial charge is 0.750 e. The lowest BCUT2D eigenvalue weighted by molar-refractivity contribution is 0.108. The maximum absolute atomic E-state index is 11.5. The van der Waals surface area contributed by atoms with Gasteiger partial charge in [0.25, 0.3) is 0 Å². The van der Waals surface area contributed by atoms with Gasteiger partial charge in [-0.15, -0.1) is 0 Å². The standard InChI is InChI=1S/C8H20O7S2Si/c1-8(2,6-13-16(9)10)7-14-17(11,12)15-18(3,4)5/h6-7H2,1-5H3,(H,9,10)/p-1. The highest BCUT2D eigenvalue weighted by Gasteiger charge is 2.28. The minimum Gasteiger partial charge on any atom is -0.750 e. The summed E-state index contributed by atoms with van der Waals surface area (Å²) < 4.78 is 57.3. The fraction of sp³-hybridized carbons (Fsp3) is 1.00. The summed E-state index contributed by atoms with van der Waals surface area (Å²) in [5, 5.41) is 0. The predicted molar refractivity (Wildman–Crippen MR) is 68.0 cm³/mol. The summed E-state index contributed by atoms with van der Waals surface area (Å²) in [6.07, 6.45) is 0. The Morgan fingerprint density at radius 1 is 1.22 bits per heavy atom. The van der Waals surface area contributed by atoms with E-state index in [2.05, 4.69) is 4.18 Å². The van der Waals surface area contributed by atoms with Gasteiger partial charge in [0.05, 0.1) is 24.6 Å². The first-order valence-corrected chi connectivity index (χ1v) is 10.9. The van der Waals surface area contributed by atoms with E-state index in [0.29, 0.717) is 0 Å². The third-order valence-corrected chi connectivity index (χ3v) is 5.03. The number of rotatable bonds is 8. The first kappa shape index (κ1) is 18.2. The highest BCUT2D eigenvalue weighted by molar-refractivity contribution is 7.83. The summed E-state index contributed by atoms with van der Waals surface area (Å²) in [5.41, 5.74) is -0.768. The van der Waals surface area contributed by atoms with Crippen molar-refractivity contribution in [2.24, 2.45) is 5.41 Å². The molecule has 0 fully saturated rings. The van der Waals surface area contributed by atoms with Crippen molar-refractivity contribution in [2.75, 3.05) is 13.2 Å². The van der Waals surface area contributed by atoms with Crippen molar-refractivity contribution in [3.05, 3.63) is 0 Å². The molecular formula is C8H19O7S2Si-. The maximum Gasteiger partial charge on any atom is 0.390 e.